The van der Waals surface area contributed by atoms with Crippen LogP contribution in [-0.2, 0) is 19.2 Å². The van der Waals surface area contributed by atoms with Gasteiger partial charge in [-0.25, -0.2) is 4.79 Å². The van der Waals surface area contributed by atoms with Crippen LogP contribution in [0.1, 0.15) is 27.7 Å². The van der Waals surface area contributed by atoms with Crippen LogP contribution in [0.2, 0.25) is 0 Å². The SMILES string of the molecule is CC(C)C(=O)OCO/N=[N+](\[O-])N(C)[C@H](C(=O)O)C(C)C. The van der Waals surface area contributed by atoms with Gasteiger partial charge < -0.3 is 19.9 Å². The number of rotatable bonds is 8. The van der Waals surface area contributed by atoms with Crippen molar-refractivity contribution in [1.29, 1.82) is 0 Å². The van der Waals surface area contributed by atoms with E-state index in [1.54, 1.807) is 27.7 Å². The molecule has 0 radical (unpaired) electrons. The molecule has 9 nitrogen and oxygen atoms in total. The Labute approximate surface area is 117 Å². The molecule has 0 aromatic heterocycles. The molecule has 0 saturated carbocycles. The number of esters is 1. The molecule has 0 aromatic rings. The van der Waals surface area contributed by atoms with Crippen LogP contribution >= 0.6 is 0 Å². The first-order valence-electron chi connectivity index (χ1n) is 6.10. The molecule has 0 aromatic carbocycles. The molecule has 0 fully saturated rings. The zero-order valence-electron chi connectivity index (χ0n) is 12.3. The fraction of sp³-hybridized carbons (Fsp3) is 0.818. The van der Waals surface area contributed by atoms with Crippen molar-refractivity contribution in [3.63, 3.8) is 0 Å². The molecule has 0 rings (SSSR count). The molecule has 0 spiro atoms. The van der Waals surface area contributed by atoms with E-state index < -0.39 is 24.8 Å². The minimum Gasteiger partial charge on any atom is -0.569 e. The number of carboxylic acid groups (broad SMARTS) is 1. The van der Waals surface area contributed by atoms with Gasteiger partial charge in [0.25, 0.3) is 6.79 Å². The summed E-state index contributed by atoms with van der Waals surface area (Å²) in [6.07, 6.45) is 0. The van der Waals surface area contributed by atoms with Crippen LogP contribution in [0.5, 0.6) is 0 Å². The van der Waals surface area contributed by atoms with Gasteiger partial charge in [0.2, 0.25) is 5.28 Å². The minimum absolute atomic E-state index is 0.00198. The number of aliphatic carboxylic acids is 1. The maximum Gasteiger partial charge on any atom is 0.332 e. The maximum atomic E-state index is 11.5. The summed E-state index contributed by atoms with van der Waals surface area (Å²) in [6, 6.07) is -1.04. The van der Waals surface area contributed by atoms with E-state index in [1.165, 1.54) is 7.05 Å². The number of nitrogens with zero attached hydrogens (tertiary/aromatic N) is 3. The Morgan fingerprint density at radius 2 is 1.90 bits per heavy atom. The normalized spacial score (nSPS) is 13.2. The molecule has 0 aliphatic heterocycles. The number of carbonyl (C=O) groups is 2. The standard InChI is InChI=1S/C11H21N3O6/c1-7(2)9(10(15)16)13(5)14(18)12-20-6-19-11(17)8(3)4/h7-9H,6H2,1-5H3,(H,15,16)/b14-12-/t9-/m0/s1. The molecular formula is C11H21N3O6. The highest BCUT2D eigenvalue weighted by atomic mass is 16.8. The summed E-state index contributed by atoms with van der Waals surface area (Å²) >= 11 is 0. The topological polar surface area (TPSA) is 114 Å². The monoisotopic (exact) mass is 291 g/mol. The van der Waals surface area contributed by atoms with E-state index in [0.29, 0.717) is 0 Å². The molecule has 0 amide bonds. The fourth-order valence-corrected chi connectivity index (χ4v) is 1.36. The molecule has 0 aliphatic carbocycles. The molecule has 0 aliphatic rings. The smallest absolute Gasteiger partial charge is 0.332 e. The lowest BCUT2D eigenvalue weighted by Gasteiger charge is -2.22. The average Bonchev–Trinajstić information content (AvgIpc) is 2.32. The van der Waals surface area contributed by atoms with Crippen molar-refractivity contribution in [2.45, 2.75) is 33.7 Å². The Morgan fingerprint density at radius 3 is 2.30 bits per heavy atom. The molecule has 1 atom stereocenters. The number of carbonyl (C=O) groups excluding carboxylic acids is 1. The summed E-state index contributed by atoms with van der Waals surface area (Å²) in [4.78, 5) is 26.6. The van der Waals surface area contributed by atoms with E-state index in [0.717, 1.165) is 5.01 Å². The van der Waals surface area contributed by atoms with E-state index in [2.05, 4.69) is 14.9 Å². The first-order chi connectivity index (χ1) is 9.18. The van der Waals surface area contributed by atoms with Crippen LogP contribution in [0.3, 0.4) is 0 Å². The van der Waals surface area contributed by atoms with E-state index in [9.17, 15) is 14.8 Å². The first kappa shape index (κ1) is 17.9. The second-order valence-corrected chi connectivity index (χ2v) is 4.80. The van der Waals surface area contributed by atoms with Crippen molar-refractivity contribution in [1.82, 2.24) is 5.01 Å². The fourth-order valence-electron chi connectivity index (χ4n) is 1.36. The van der Waals surface area contributed by atoms with Crippen molar-refractivity contribution in [2.24, 2.45) is 17.1 Å². The van der Waals surface area contributed by atoms with Gasteiger partial charge in [0.15, 0.2) is 6.04 Å². The molecule has 0 unspecified atom stereocenters. The Balaban J connectivity index is 4.42. The quantitative estimate of drug-likeness (QED) is 0.177. The average molecular weight is 291 g/mol. The summed E-state index contributed by atoms with van der Waals surface area (Å²) in [5.41, 5.74) is 0. The van der Waals surface area contributed by atoms with Gasteiger partial charge in [-0.1, -0.05) is 27.7 Å². The second-order valence-electron chi connectivity index (χ2n) is 4.80. The lowest BCUT2D eigenvalue weighted by molar-refractivity contribution is -0.712. The van der Waals surface area contributed by atoms with Gasteiger partial charge >= 0.3 is 11.9 Å². The van der Waals surface area contributed by atoms with Gasteiger partial charge in [-0.15, -0.1) is 5.01 Å². The summed E-state index contributed by atoms with van der Waals surface area (Å²) in [7, 11) is 1.28. The van der Waals surface area contributed by atoms with Crippen LogP contribution in [0.25, 0.3) is 0 Å². The number of hydrogen-bond acceptors (Lipinski definition) is 6. The number of likely N-dealkylation sites (N-methyl/N-ethyl adjacent to an activating group) is 1. The Kier molecular flexibility index (Phi) is 7.34. The van der Waals surface area contributed by atoms with Crippen molar-refractivity contribution >= 4 is 11.9 Å². The lowest BCUT2D eigenvalue weighted by Crippen LogP contribution is -2.45. The maximum absolute atomic E-state index is 11.5. The third-order valence-corrected chi connectivity index (χ3v) is 2.41. The third-order valence-electron chi connectivity index (χ3n) is 2.41. The number of hydrazine groups is 1. The van der Waals surface area contributed by atoms with Crippen molar-refractivity contribution in [3.8, 4) is 0 Å². The summed E-state index contributed by atoms with van der Waals surface area (Å²) in [6.45, 7) is 6.10. The van der Waals surface area contributed by atoms with Gasteiger partial charge in [0.1, 0.15) is 0 Å². The summed E-state index contributed by atoms with van der Waals surface area (Å²) in [5.74, 6) is -2.26. The highest BCUT2D eigenvalue weighted by Crippen LogP contribution is 2.09. The van der Waals surface area contributed by atoms with Crippen LogP contribution < -0.4 is 0 Å². The van der Waals surface area contributed by atoms with Crippen molar-refractivity contribution in [3.05, 3.63) is 5.21 Å². The third kappa shape index (κ3) is 5.72. The van der Waals surface area contributed by atoms with Crippen molar-refractivity contribution in [2.75, 3.05) is 13.8 Å². The second kappa shape index (κ2) is 8.18. The Morgan fingerprint density at radius 1 is 1.35 bits per heavy atom. The molecule has 9 heteroatoms. The molecule has 0 saturated heterocycles. The Hall–Kier alpha value is -2.06. The van der Waals surface area contributed by atoms with Crippen LogP contribution in [0.4, 0.5) is 0 Å². The van der Waals surface area contributed by atoms with E-state index >= 15 is 0 Å². The number of hydrogen-bond donors (Lipinski definition) is 1. The molecule has 0 bridgehead atoms. The van der Waals surface area contributed by atoms with Gasteiger partial charge in [-0.05, 0) is 5.92 Å². The molecule has 116 valence electrons. The van der Waals surface area contributed by atoms with E-state index in [4.69, 9.17) is 5.11 Å². The molecule has 1 N–H and O–H groups in total. The minimum atomic E-state index is -1.15. The van der Waals surface area contributed by atoms with Crippen LogP contribution in [-0.4, -0.2) is 46.9 Å². The van der Waals surface area contributed by atoms with Gasteiger partial charge in [0.05, 0.1) is 17.9 Å². The Bertz CT molecular complexity index is 369. The summed E-state index contributed by atoms with van der Waals surface area (Å²) < 4.78 is 4.63. The lowest BCUT2D eigenvalue weighted by atomic mass is 10.1. The molecule has 20 heavy (non-hydrogen) atoms. The zero-order valence-corrected chi connectivity index (χ0v) is 12.3. The van der Waals surface area contributed by atoms with Gasteiger partial charge in [-0.2, -0.15) is 0 Å². The van der Waals surface area contributed by atoms with E-state index in [-0.39, 0.29) is 16.8 Å². The van der Waals surface area contributed by atoms with Gasteiger partial charge in [0, 0.05) is 0 Å². The van der Waals surface area contributed by atoms with E-state index in [1.807, 2.05) is 0 Å². The molecule has 0 heterocycles. The highest BCUT2D eigenvalue weighted by molar-refractivity contribution is 5.73. The predicted octanol–water partition coefficient (Wildman–Crippen LogP) is 0.993. The molecular weight excluding hydrogens is 270 g/mol. The first-order valence-corrected chi connectivity index (χ1v) is 6.10. The van der Waals surface area contributed by atoms with Gasteiger partial charge in [-0.3, -0.25) is 4.79 Å². The van der Waals surface area contributed by atoms with Crippen LogP contribution in [0.15, 0.2) is 5.28 Å². The highest BCUT2D eigenvalue weighted by Gasteiger charge is 2.31. The largest absolute Gasteiger partial charge is 0.569 e. The summed E-state index contributed by atoms with van der Waals surface area (Å²) in [5, 5.41) is 24.5. The zero-order chi connectivity index (χ0) is 15.9. The predicted molar refractivity (Wildman–Crippen MR) is 67.0 cm³/mol. The number of ether oxygens (including phenoxy) is 1. The number of carboxylic acids is 1. The van der Waals surface area contributed by atoms with Crippen molar-refractivity contribution < 1.29 is 29.2 Å². The van der Waals surface area contributed by atoms with Crippen LogP contribution in [0, 0.1) is 17.0 Å².